The quantitative estimate of drug-likeness (QED) is 0.146. The number of nitrogens with one attached hydrogen (secondary N) is 3. The van der Waals surface area contributed by atoms with Crippen LogP contribution in [0.1, 0.15) is 13.8 Å². The monoisotopic (exact) mass is 521 g/mol. The minimum Gasteiger partial charge on any atom is -0.473 e. The number of nitro groups is 2. The molecule has 38 heavy (non-hydrogen) atoms. The number of nitro benzene ring substituents is 2. The number of aliphatic hydroxyl groups is 1. The van der Waals surface area contributed by atoms with Gasteiger partial charge in [-0.2, -0.15) is 0 Å². The van der Waals surface area contributed by atoms with Crippen LogP contribution in [0.2, 0.25) is 0 Å². The summed E-state index contributed by atoms with van der Waals surface area (Å²) in [6, 6.07) is 14.6. The first-order chi connectivity index (χ1) is 18.3. The highest BCUT2D eigenvalue weighted by atomic mass is 16.6. The predicted molar refractivity (Wildman–Crippen MR) is 144 cm³/mol. The first-order valence-electron chi connectivity index (χ1n) is 11.8. The normalized spacial score (nSPS) is 10.9. The van der Waals surface area contributed by atoms with E-state index in [1.165, 1.54) is 10.6 Å². The highest BCUT2D eigenvalue weighted by Gasteiger charge is 2.27. The summed E-state index contributed by atoms with van der Waals surface area (Å²) in [5.41, 5.74) is 1.40. The lowest BCUT2D eigenvalue weighted by atomic mass is 10.1. The van der Waals surface area contributed by atoms with Gasteiger partial charge in [0, 0.05) is 24.1 Å². The summed E-state index contributed by atoms with van der Waals surface area (Å²) in [7, 11) is 0. The molecule has 198 valence electrons. The average molecular weight is 522 g/mol. The summed E-state index contributed by atoms with van der Waals surface area (Å²) in [4.78, 5) is 22.3. The molecule has 0 spiro atoms. The van der Waals surface area contributed by atoms with Crippen LogP contribution in [-0.4, -0.2) is 44.3 Å². The Kier molecular flexibility index (Phi) is 7.87. The number of hydrogen-bond donors (Lipinski definition) is 4. The van der Waals surface area contributed by atoms with Crippen molar-refractivity contribution in [3.63, 3.8) is 0 Å². The highest BCUT2D eigenvalue weighted by Crippen LogP contribution is 2.41. The number of hydrogen-bond acceptors (Lipinski definition) is 10. The van der Waals surface area contributed by atoms with E-state index in [0.717, 1.165) is 18.3 Å². The summed E-state index contributed by atoms with van der Waals surface area (Å²) >= 11 is 0. The van der Waals surface area contributed by atoms with Crippen LogP contribution in [0.4, 0.5) is 39.8 Å². The standard InChI is InChI=1S/C25H27N7O6/c1-16(2)15-26-17-6-8-18(9-7-17)27-19-13-20(23(32(36)37)14-22(19)31(34)35)28-24-21-5-3-4-10-30(21)29-25(24)38-12-11-33/h3-10,13-14,16,26-28,33H,11-12,15H2,1-2H3. The zero-order chi connectivity index (χ0) is 27.2. The Morgan fingerprint density at radius 1 is 0.974 bits per heavy atom. The molecular weight excluding hydrogens is 494 g/mol. The molecule has 0 fully saturated rings. The van der Waals surface area contributed by atoms with E-state index in [9.17, 15) is 25.3 Å². The van der Waals surface area contributed by atoms with E-state index >= 15 is 0 Å². The maximum absolute atomic E-state index is 11.9. The zero-order valence-electron chi connectivity index (χ0n) is 20.7. The fourth-order valence-electron chi connectivity index (χ4n) is 3.70. The Morgan fingerprint density at radius 2 is 1.63 bits per heavy atom. The van der Waals surface area contributed by atoms with Gasteiger partial charge in [-0.1, -0.05) is 19.9 Å². The van der Waals surface area contributed by atoms with E-state index in [1.54, 1.807) is 36.5 Å². The van der Waals surface area contributed by atoms with Gasteiger partial charge < -0.3 is 25.8 Å². The third kappa shape index (κ3) is 5.90. The van der Waals surface area contributed by atoms with Crippen molar-refractivity contribution in [2.45, 2.75) is 13.8 Å². The van der Waals surface area contributed by atoms with Gasteiger partial charge in [0.2, 0.25) is 0 Å². The molecule has 13 heteroatoms. The molecule has 0 saturated carbocycles. The van der Waals surface area contributed by atoms with Crippen LogP contribution < -0.4 is 20.7 Å². The summed E-state index contributed by atoms with van der Waals surface area (Å²) in [5.74, 6) is 0.570. The van der Waals surface area contributed by atoms with Crippen LogP contribution in [-0.2, 0) is 0 Å². The van der Waals surface area contributed by atoms with Crippen molar-refractivity contribution in [2.24, 2.45) is 5.92 Å². The minimum atomic E-state index is -0.700. The van der Waals surface area contributed by atoms with Crippen molar-refractivity contribution in [3.05, 3.63) is 81.0 Å². The van der Waals surface area contributed by atoms with Gasteiger partial charge in [0.15, 0.2) is 0 Å². The Labute approximate surface area is 217 Å². The number of aromatic nitrogens is 2. The van der Waals surface area contributed by atoms with Crippen LogP contribution in [0.5, 0.6) is 5.88 Å². The van der Waals surface area contributed by atoms with E-state index < -0.39 is 21.2 Å². The van der Waals surface area contributed by atoms with Gasteiger partial charge in [-0.05, 0) is 48.4 Å². The van der Waals surface area contributed by atoms with E-state index in [-0.39, 0.29) is 30.5 Å². The summed E-state index contributed by atoms with van der Waals surface area (Å²) in [5, 5.41) is 46.5. The molecule has 4 N–H and O–H groups in total. The van der Waals surface area contributed by atoms with Crippen LogP contribution >= 0.6 is 0 Å². The largest absolute Gasteiger partial charge is 0.473 e. The first-order valence-corrected chi connectivity index (χ1v) is 11.8. The van der Waals surface area contributed by atoms with Crippen LogP contribution in [0, 0.1) is 26.1 Å². The Hall–Kier alpha value is -4.91. The molecule has 2 aromatic carbocycles. The minimum absolute atomic E-state index is 0.00841. The number of benzene rings is 2. The number of fused-ring (bicyclic) bond motifs is 1. The lowest BCUT2D eigenvalue weighted by Gasteiger charge is -2.13. The number of pyridine rings is 1. The molecule has 0 amide bonds. The smallest absolute Gasteiger partial charge is 0.299 e. The Balaban J connectivity index is 1.73. The van der Waals surface area contributed by atoms with Crippen molar-refractivity contribution >= 4 is 45.3 Å². The van der Waals surface area contributed by atoms with Crippen molar-refractivity contribution in [1.29, 1.82) is 0 Å². The second-order valence-electron chi connectivity index (χ2n) is 8.79. The summed E-state index contributed by atoms with van der Waals surface area (Å²) in [6.07, 6.45) is 1.67. The van der Waals surface area contributed by atoms with Gasteiger partial charge in [-0.15, -0.1) is 5.10 Å². The molecule has 0 atom stereocenters. The molecule has 2 aromatic heterocycles. The van der Waals surface area contributed by atoms with Gasteiger partial charge in [-0.3, -0.25) is 20.2 Å². The summed E-state index contributed by atoms with van der Waals surface area (Å²) < 4.78 is 7.05. The average Bonchev–Trinajstić information content (AvgIpc) is 3.23. The molecule has 0 saturated heterocycles. The third-order valence-corrected chi connectivity index (χ3v) is 5.48. The number of ether oxygens (including phenoxy) is 1. The number of aliphatic hydroxyl groups excluding tert-OH is 1. The van der Waals surface area contributed by atoms with Crippen molar-refractivity contribution in [2.75, 3.05) is 35.7 Å². The Morgan fingerprint density at radius 3 is 2.26 bits per heavy atom. The number of rotatable bonds is 12. The van der Waals surface area contributed by atoms with E-state index in [1.807, 2.05) is 12.1 Å². The molecule has 0 bridgehead atoms. The SMILES string of the molecule is CC(C)CNc1ccc(Nc2cc(Nc3c(OCCO)nn4ccccc34)c([N+](=O)[O-])cc2[N+](=O)[O-])cc1. The molecule has 0 unspecified atom stereocenters. The van der Waals surface area contributed by atoms with Gasteiger partial charge in [-0.25, -0.2) is 4.52 Å². The Bertz CT molecular complexity index is 1450. The lowest BCUT2D eigenvalue weighted by Crippen LogP contribution is -2.07. The second-order valence-corrected chi connectivity index (χ2v) is 8.79. The second kappa shape index (κ2) is 11.4. The lowest BCUT2D eigenvalue weighted by molar-refractivity contribution is -0.393. The van der Waals surface area contributed by atoms with Crippen LogP contribution in [0.25, 0.3) is 5.52 Å². The molecule has 2 heterocycles. The van der Waals surface area contributed by atoms with Crippen molar-refractivity contribution < 1.29 is 19.7 Å². The molecule has 0 radical (unpaired) electrons. The zero-order valence-corrected chi connectivity index (χ0v) is 20.7. The van der Waals surface area contributed by atoms with Gasteiger partial charge >= 0.3 is 0 Å². The van der Waals surface area contributed by atoms with Gasteiger partial charge in [0.05, 0.1) is 28.0 Å². The van der Waals surface area contributed by atoms with E-state index in [2.05, 4.69) is 34.9 Å². The van der Waals surface area contributed by atoms with E-state index in [0.29, 0.717) is 22.8 Å². The van der Waals surface area contributed by atoms with Crippen molar-refractivity contribution in [3.8, 4) is 5.88 Å². The number of anilines is 5. The fourth-order valence-corrected chi connectivity index (χ4v) is 3.70. The van der Waals surface area contributed by atoms with Crippen molar-refractivity contribution in [1.82, 2.24) is 9.61 Å². The van der Waals surface area contributed by atoms with Gasteiger partial charge in [0.1, 0.15) is 23.7 Å². The molecule has 4 aromatic rings. The van der Waals surface area contributed by atoms with E-state index in [4.69, 9.17) is 4.74 Å². The molecule has 13 nitrogen and oxygen atoms in total. The highest BCUT2D eigenvalue weighted by molar-refractivity contribution is 5.88. The number of nitrogens with zero attached hydrogens (tertiary/aromatic N) is 4. The van der Waals surface area contributed by atoms with Crippen LogP contribution in [0.3, 0.4) is 0 Å². The first kappa shape index (κ1) is 26.2. The molecule has 0 aliphatic rings. The van der Waals surface area contributed by atoms with Gasteiger partial charge in [0.25, 0.3) is 17.3 Å². The molecule has 0 aliphatic heterocycles. The molecular formula is C25H27N7O6. The maximum atomic E-state index is 11.9. The molecule has 0 aliphatic carbocycles. The third-order valence-electron chi connectivity index (χ3n) is 5.48. The maximum Gasteiger partial charge on any atom is 0.299 e. The predicted octanol–water partition coefficient (Wildman–Crippen LogP) is 5.08. The van der Waals surface area contributed by atoms with Crippen LogP contribution in [0.15, 0.2) is 60.8 Å². The fraction of sp³-hybridized carbons (Fsp3) is 0.240. The summed E-state index contributed by atoms with van der Waals surface area (Å²) in [6.45, 7) is 4.68. The topological polar surface area (TPSA) is 169 Å². The molecule has 4 rings (SSSR count).